The van der Waals surface area contributed by atoms with E-state index in [1.54, 1.807) is 9.80 Å². The summed E-state index contributed by atoms with van der Waals surface area (Å²) in [6, 6.07) is 3.98. The lowest BCUT2D eigenvalue weighted by Crippen LogP contribution is -2.36. The van der Waals surface area contributed by atoms with Crippen LogP contribution in [0.3, 0.4) is 0 Å². The Labute approximate surface area is 117 Å². The molecule has 0 unspecified atom stereocenters. The topological polar surface area (TPSA) is 66.6 Å². The minimum absolute atomic E-state index is 0.0188. The van der Waals surface area contributed by atoms with Gasteiger partial charge in [0.1, 0.15) is 5.82 Å². The summed E-state index contributed by atoms with van der Waals surface area (Å²) >= 11 is 0. The van der Waals surface area contributed by atoms with Gasteiger partial charge in [-0.15, -0.1) is 0 Å². The number of nitrogens with zero attached hydrogens (tertiary/aromatic N) is 2. The zero-order chi connectivity index (χ0) is 14.7. The molecule has 1 saturated heterocycles. The van der Waals surface area contributed by atoms with Gasteiger partial charge in [-0.3, -0.25) is 9.59 Å². The molecular formula is C14H18FN3O2. The number of hydrogen-bond acceptors (Lipinski definition) is 3. The highest BCUT2D eigenvalue weighted by Crippen LogP contribution is 2.15. The zero-order valence-corrected chi connectivity index (χ0v) is 11.4. The van der Waals surface area contributed by atoms with Crippen LogP contribution in [0.15, 0.2) is 18.2 Å². The van der Waals surface area contributed by atoms with Crippen molar-refractivity contribution in [3.8, 4) is 0 Å². The third kappa shape index (κ3) is 3.07. The van der Waals surface area contributed by atoms with E-state index < -0.39 is 5.82 Å². The lowest BCUT2D eigenvalue weighted by molar-refractivity contribution is -0.128. The molecule has 0 bridgehead atoms. The van der Waals surface area contributed by atoms with Crippen molar-refractivity contribution in [2.24, 2.45) is 0 Å². The van der Waals surface area contributed by atoms with Crippen LogP contribution in [0.1, 0.15) is 23.7 Å². The highest BCUT2D eigenvalue weighted by molar-refractivity contribution is 5.95. The largest absolute Gasteiger partial charge is 0.396 e. The first-order valence-electron chi connectivity index (χ1n) is 6.59. The van der Waals surface area contributed by atoms with Crippen LogP contribution in [-0.2, 0) is 4.79 Å². The summed E-state index contributed by atoms with van der Waals surface area (Å²) in [4.78, 5) is 27.1. The monoisotopic (exact) mass is 279 g/mol. The average molecular weight is 279 g/mol. The quantitative estimate of drug-likeness (QED) is 0.783. The van der Waals surface area contributed by atoms with Gasteiger partial charge in [-0.1, -0.05) is 0 Å². The van der Waals surface area contributed by atoms with Gasteiger partial charge >= 0.3 is 0 Å². The van der Waals surface area contributed by atoms with Gasteiger partial charge in [0.05, 0.1) is 5.69 Å². The van der Waals surface area contributed by atoms with E-state index in [4.69, 9.17) is 5.73 Å². The van der Waals surface area contributed by atoms with Crippen LogP contribution in [0, 0.1) is 5.82 Å². The lowest BCUT2D eigenvalue weighted by Gasteiger charge is -2.21. The Morgan fingerprint density at radius 1 is 1.15 bits per heavy atom. The fourth-order valence-corrected chi connectivity index (χ4v) is 2.29. The molecule has 0 aromatic heterocycles. The third-order valence-electron chi connectivity index (χ3n) is 3.47. The standard InChI is InChI=1S/C14H18FN3O2/c1-10(19)17-5-2-6-18(8-7-17)14(20)11-3-4-12(15)13(16)9-11/h3-4,9H,2,5-8,16H2,1H3. The smallest absolute Gasteiger partial charge is 0.253 e. The van der Waals surface area contributed by atoms with Crippen LogP contribution in [0.4, 0.5) is 10.1 Å². The summed E-state index contributed by atoms with van der Waals surface area (Å²) in [5.74, 6) is -0.687. The molecule has 0 atom stereocenters. The molecule has 2 N–H and O–H groups in total. The number of rotatable bonds is 1. The summed E-state index contributed by atoms with van der Waals surface area (Å²) < 4.78 is 13.1. The molecule has 5 nitrogen and oxygen atoms in total. The van der Waals surface area contributed by atoms with E-state index in [9.17, 15) is 14.0 Å². The second-order valence-corrected chi connectivity index (χ2v) is 4.89. The Kier molecular flexibility index (Phi) is 4.22. The second kappa shape index (κ2) is 5.90. The van der Waals surface area contributed by atoms with Gasteiger partial charge in [0.15, 0.2) is 0 Å². The van der Waals surface area contributed by atoms with Gasteiger partial charge in [0.2, 0.25) is 5.91 Å². The molecule has 1 fully saturated rings. The lowest BCUT2D eigenvalue weighted by atomic mass is 10.1. The second-order valence-electron chi connectivity index (χ2n) is 4.89. The predicted molar refractivity (Wildman–Crippen MR) is 73.6 cm³/mol. The van der Waals surface area contributed by atoms with Gasteiger partial charge in [-0.25, -0.2) is 4.39 Å². The summed E-state index contributed by atoms with van der Waals surface area (Å²) in [5, 5.41) is 0. The number of nitrogens with two attached hydrogens (primary N) is 1. The van der Waals surface area contributed by atoms with Crippen LogP contribution in [0.2, 0.25) is 0 Å². The molecule has 1 heterocycles. The molecular weight excluding hydrogens is 261 g/mol. The first-order valence-corrected chi connectivity index (χ1v) is 6.59. The maximum absolute atomic E-state index is 13.1. The van der Waals surface area contributed by atoms with Crippen molar-refractivity contribution in [3.05, 3.63) is 29.6 Å². The zero-order valence-electron chi connectivity index (χ0n) is 11.4. The molecule has 0 aliphatic carbocycles. The SMILES string of the molecule is CC(=O)N1CCCN(C(=O)c2ccc(F)c(N)c2)CC1. The highest BCUT2D eigenvalue weighted by Gasteiger charge is 2.21. The molecule has 6 heteroatoms. The molecule has 2 rings (SSSR count). The maximum atomic E-state index is 13.1. The molecule has 1 aromatic carbocycles. The van der Waals surface area contributed by atoms with Crippen LogP contribution < -0.4 is 5.73 Å². The number of nitrogen functional groups attached to an aromatic ring is 1. The van der Waals surface area contributed by atoms with Crippen molar-refractivity contribution in [2.75, 3.05) is 31.9 Å². The van der Waals surface area contributed by atoms with E-state index in [-0.39, 0.29) is 17.5 Å². The average Bonchev–Trinajstić information content (AvgIpc) is 2.67. The Morgan fingerprint density at radius 2 is 1.80 bits per heavy atom. The molecule has 20 heavy (non-hydrogen) atoms. The van der Waals surface area contributed by atoms with Crippen molar-refractivity contribution in [1.82, 2.24) is 9.80 Å². The molecule has 0 spiro atoms. The van der Waals surface area contributed by atoms with Crippen LogP contribution in [0.5, 0.6) is 0 Å². The molecule has 0 radical (unpaired) electrons. The minimum atomic E-state index is -0.528. The van der Waals surface area contributed by atoms with Crippen LogP contribution in [0.25, 0.3) is 0 Å². The van der Waals surface area contributed by atoms with E-state index in [0.717, 1.165) is 6.42 Å². The van der Waals surface area contributed by atoms with Gasteiger partial charge in [-0.2, -0.15) is 0 Å². The Bertz CT molecular complexity index is 533. The predicted octanol–water partition coefficient (Wildman–Crippen LogP) is 1.10. The number of halogens is 1. The molecule has 1 aliphatic rings. The summed E-state index contributed by atoms with van der Waals surface area (Å²) in [6.07, 6.45) is 0.738. The highest BCUT2D eigenvalue weighted by atomic mass is 19.1. The Hall–Kier alpha value is -2.11. The van der Waals surface area contributed by atoms with Gasteiger partial charge < -0.3 is 15.5 Å². The summed E-state index contributed by atoms with van der Waals surface area (Å²) in [5.41, 5.74) is 5.83. The van der Waals surface area contributed by atoms with E-state index >= 15 is 0 Å². The molecule has 108 valence electrons. The van der Waals surface area contributed by atoms with Crippen molar-refractivity contribution in [1.29, 1.82) is 0 Å². The number of hydrogen-bond donors (Lipinski definition) is 1. The van der Waals surface area contributed by atoms with Crippen LogP contribution in [-0.4, -0.2) is 47.8 Å². The van der Waals surface area contributed by atoms with Gasteiger partial charge in [-0.05, 0) is 24.6 Å². The van der Waals surface area contributed by atoms with E-state index in [1.165, 1.54) is 25.1 Å². The number of amides is 2. The van der Waals surface area contributed by atoms with Crippen molar-refractivity contribution >= 4 is 17.5 Å². The summed E-state index contributed by atoms with van der Waals surface area (Å²) in [6.45, 7) is 3.77. The fraction of sp³-hybridized carbons (Fsp3) is 0.429. The number of carbonyl (C=O) groups excluding carboxylic acids is 2. The van der Waals surface area contributed by atoms with Gasteiger partial charge in [0.25, 0.3) is 5.91 Å². The van der Waals surface area contributed by atoms with Crippen molar-refractivity contribution < 1.29 is 14.0 Å². The van der Waals surface area contributed by atoms with Crippen molar-refractivity contribution in [2.45, 2.75) is 13.3 Å². The van der Waals surface area contributed by atoms with Crippen LogP contribution >= 0.6 is 0 Å². The third-order valence-corrected chi connectivity index (χ3v) is 3.47. The Balaban J connectivity index is 2.09. The fourth-order valence-electron chi connectivity index (χ4n) is 2.29. The minimum Gasteiger partial charge on any atom is -0.396 e. The summed E-state index contributed by atoms with van der Waals surface area (Å²) in [7, 11) is 0. The maximum Gasteiger partial charge on any atom is 0.253 e. The molecule has 1 aliphatic heterocycles. The number of benzene rings is 1. The Morgan fingerprint density at radius 3 is 2.45 bits per heavy atom. The number of carbonyl (C=O) groups is 2. The van der Waals surface area contributed by atoms with E-state index in [2.05, 4.69) is 0 Å². The molecule has 1 aromatic rings. The first kappa shape index (κ1) is 14.3. The molecule has 0 saturated carbocycles. The van der Waals surface area contributed by atoms with Gasteiger partial charge in [0, 0.05) is 38.7 Å². The number of anilines is 1. The van der Waals surface area contributed by atoms with E-state index in [0.29, 0.717) is 31.7 Å². The van der Waals surface area contributed by atoms with Crippen molar-refractivity contribution in [3.63, 3.8) is 0 Å². The molecule has 2 amide bonds. The normalized spacial score (nSPS) is 15.9. The van der Waals surface area contributed by atoms with E-state index in [1.807, 2.05) is 0 Å². The first-order chi connectivity index (χ1) is 9.49.